The fourth-order valence-corrected chi connectivity index (χ4v) is 1.41. The molecule has 70 valence electrons. The summed E-state index contributed by atoms with van der Waals surface area (Å²) in [6, 6.07) is 8.17. The molecule has 0 heterocycles. The van der Waals surface area contributed by atoms with Crippen molar-refractivity contribution >= 4 is 6.29 Å². The number of hydrogen-bond acceptors (Lipinski definition) is 1. The largest absolute Gasteiger partial charge is 0.303 e. The normalized spacial score (nSPS) is 12.9. The average molecular weight is 176 g/mol. The Bertz CT molecular complexity index is 272. The van der Waals surface area contributed by atoms with Crippen LogP contribution in [0.3, 0.4) is 0 Å². The summed E-state index contributed by atoms with van der Waals surface area (Å²) in [6.07, 6.45) is 1.04. The van der Waals surface area contributed by atoms with Gasteiger partial charge in [0.1, 0.15) is 6.29 Å². The summed E-state index contributed by atoms with van der Waals surface area (Å²) < 4.78 is 0. The van der Waals surface area contributed by atoms with Gasteiger partial charge >= 0.3 is 0 Å². The maximum atomic E-state index is 10.8. The predicted molar refractivity (Wildman–Crippen MR) is 54.8 cm³/mol. The number of carbonyl (C=O) groups is 1. The Labute approximate surface area is 79.8 Å². The molecule has 1 aromatic rings. The monoisotopic (exact) mass is 176 g/mol. The summed E-state index contributed by atoms with van der Waals surface area (Å²) in [4.78, 5) is 10.8. The van der Waals surface area contributed by atoms with Gasteiger partial charge < -0.3 is 4.79 Å². The van der Waals surface area contributed by atoms with Crippen molar-refractivity contribution in [1.82, 2.24) is 0 Å². The van der Waals surface area contributed by atoms with Crippen LogP contribution in [-0.2, 0) is 4.79 Å². The molecule has 1 atom stereocenters. The minimum absolute atomic E-state index is 0.0422. The highest BCUT2D eigenvalue weighted by Crippen LogP contribution is 2.22. The number of aryl methyl sites for hydroxylation is 1. The van der Waals surface area contributed by atoms with E-state index in [9.17, 15) is 4.79 Å². The first kappa shape index (κ1) is 9.97. The zero-order chi connectivity index (χ0) is 9.84. The Balaban J connectivity index is 2.92. The maximum Gasteiger partial charge on any atom is 0.127 e. The molecule has 1 aromatic carbocycles. The van der Waals surface area contributed by atoms with Gasteiger partial charge in [0.25, 0.3) is 0 Å². The third kappa shape index (κ3) is 2.41. The van der Waals surface area contributed by atoms with E-state index in [0.717, 1.165) is 11.8 Å². The van der Waals surface area contributed by atoms with Crippen LogP contribution in [0.1, 0.15) is 30.9 Å². The zero-order valence-electron chi connectivity index (χ0n) is 8.45. The third-order valence-corrected chi connectivity index (χ3v) is 2.33. The maximum absolute atomic E-state index is 10.8. The molecular formula is C12H16O. The molecule has 0 amide bonds. The SMILES string of the molecule is Cc1ccc([C@@H](C=O)C(C)C)cc1. The van der Waals surface area contributed by atoms with Crippen molar-refractivity contribution in [3.63, 3.8) is 0 Å². The highest BCUT2D eigenvalue weighted by molar-refractivity contribution is 5.62. The van der Waals surface area contributed by atoms with E-state index in [2.05, 4.69) is 20.8 Å². The van der Waals surface area contributed by atoms with Crippen LogP contribution in [0.15, 0.2) is 24.3 Å². The Morgan fingerprint density at radius 2 is 1.69 bits per heavy atom. The van der Waals surface area contributed by atoms with Crippen molar-refractivity contribution in [1.29, 1.82) is 0 Å². The molecule has 1 nitrogen and oxygen atoms in total. The lowest BCUT2D eigenvalue weighted by atomic mass is 9.89. The molecule has 1 heteroatoms. The second kappa shape index (κ2) is 4.22. The fraction of sp³-hybridized carbons (Fsp3) is 0.417. The number of aldehydes is 1. The van der Waals surface area contributed by atoms with Gasteiger partial charge in [0.05, 0.1) is 0 Å². The molecule has 0 fully saturated rings. The predicted octanol–water partition coefficient (Wildman–Crippen LogP) is 2.93. The van der Waals surface area contributed by atoms with E-state index in [4.69, 9.17) is 0 Å². The minimum atomic E-state index is 0.0422. The molecule has 0 spiro atoms. The topological polar surface area (TPSA) is 17.1 Å². The zero-order valence-corrected chi connectivity index (χ0v) is 8.45. The van der Waals surface area contributed by atoms with E-state index < -0.39 is 0 Å². The lowest BCUT2D eigenvalue weighted by molar-refractivity contribution is -0.109. The van der Waals surface area contributed by atoms with Gasteiger partial charge in [-0.3, -0.25) is 0 Å². The molecular weight excluding hydrogens is 160 g/mol. The van der Waals surface area contributed by atoms with E-state index in [-0.39, 0.29) is 5.92 Å². The van der Waals surface area contributed by atoms with Gasteiger partial charge in [-0.05, 0) is 18.4 Å². The summed E-state index contributed by atoms with van der Waals surface area (Å²) in [5, 5.41) is 0. The second-order valence-corrected chi connectivity index (χ2v) is 3.82. The number of carbonyl (C=O) groups excluding carboxylic acids is 1. The summed E-state index contributed by atoms with van der Waals surface area (Å²) >= 11 is 0. The average Bonchev–Trinajstić information content (AvgIpc) is 2.09. The summed E-state index contributed by atoms with van der Waals surface area (Å²) in [5.74, 6) is 0.417. The molecule has 0 aliphatic heterocycles. The van der Waals surface area contributed by atoms with Crippen LogP contribution in [0.4, 0.5) is 0 Å². The third-order valence-electron chi connectivity index (χ3n) is 2.33. The molecule has 0 unspecified atom stereocenters. The number of rotatable bonds is 3. The van der Waals surface area contributed by atoms with Crippen LogP contribution >= 0.6 is 0 Å². The van der Waals surface area contributed by atoms with Gasteiger partial charge in [-0.2, -0.15) is 0 Å². The first-order valence-corrected chi connectivity index (χ1v) is 4.67. The van der Waals surface area contributed by atoms with Gasteiger partial charge in [0.2, 0.25) is 0 Å². The standard InChI is InChI=1S/C12H16O/c1-9(2)12(8-13)11-6-4-10(3)5-7-11/h4-9,12H,1-3H3/t12-/m0/s1. The molecule has 0 N–H and O–H groups in total. The first-order chi connectivity index (χ1) is 6.15. The minimum Gasteiger partial charge on any atom is -0.303 e. The Kier molecular flexibility index (Phi) is 3.24. The molecule has 0 bridgehead atoms. The van der Waals surface area contributed by atoms with Gasteiger partial charge in [0.15, 0.2) is 0 Å². The molecule has 0 saturated heterocycles. The van der Waals surface area contributed by atoms with Crippen LogP contribution in [0.5, 0.6) is 0 Å². The Morgan fingerprint density at radius 3 is 2.08 bits per heavy atom. The molecule has 1 rings (SSSR count). The second-order valence-electron chi connectivity index (χ2n) is 3.82. The van der Waals surface area contributed by atoms with Crippen molar-refractivity contribution < 1.29 is 4.79 Å². The van der Waals surface area contributed by atoms with Crippen LogP contribution in [0.25, 0.3) is 0 Å². The van der Waals surface area contributed by atoms with Gasteiger partial charge in [-0.1, -0.05) is 43.7 Å². The van der Waals surface area contributed by atoms with Crippen LogP contribution < -0.4 is 0 Å². The summed E-state index contributed by atoms with van der Waals surface area (Å²) in [6.45, 7) is 6.19. The van der Waals surface area contributed by atoms with Gasteiger partial charge in [0, 0.05) is 5.92 Å². The molecule has 0 aliphatic carbocycles. The van der Waals surface area contributed by atoms with Crippen molar-refractivity contribution in [3.8, 4) is 0 Å². The van der Waals surface area contributed by atoms with Gasteiger partial charge in [-0.15, -0.1) is 0 Å². The van der Waals surface area contributed by atoms with Gasteiger partial charge in [-0.25, -0.2) is 0 Å². The van der Waals surface area contributed by atoms with Crippen LogP contribution in [-0.4, -0.2) is 6.29 Å². The van der Waals surface area contributed by atoms with Crippen LogP contribution in [0.2, 0.25) is 0 Å². The van der Waals surface area contributed by atoms with Crippen molar-refractivity contribution in [3.05, 3.63) is 35.4 Å². The first-order valence-electron chi connectivity index (χ1n) is 4.67. The highest BCUT2D eigenvalue weighted by Gasteiger charge is 2.13. The smallest absolute Gasteiger partial charge is 0.127 e. The van der Waals surface area contributed by atoms with E-state index in [0.29, 0.717) is 5.92 Å². The van der Waals surface area contributed by atoms with E-state index in [1.54, 1.807) is 0 Å². The molecule has 0 saturated carbocycles. The quantitative estimate of drug-likeness (QED) is 0.647. The molecule has 13 heavy (non-hydrogen) atoms. The van der Waals surface area contributed by atoms with Crippen LogP contribution in [0, 0.1) is 12.8 Å². The number of hydrogen-bond donors (Lipinski definition) is 0. The Morgan fingerprint density at radius 1 is 1.15 bits per heavy atom. The van der Waals surface area contributed by atoms with E-state index in [1.807, 2.05) is 24.3 Å². The van der Waals surface area contributed by atoms with Crippen molar-refractivity contribution in [2.45, 2.75) is 26.7 Å². The fourth-order valence-electron chi connectivity index (χ4n) is 1.41. The summed E-state index contributed by atoms with van der Waals surface area (Å²) in [7, 11) is 0. The molecule has 0 aliphatic rings. The molecule has 0 aromatic heterocycles. The summed E-state index contributed by atoms with van der Waals surface area (Å²) in [5.41, 5.74) is 2.35. The van der Waals surface area contributed by atoms with Crippen molar-refractivity contribution in [2.24, 2.45) is 5.92 Å². The van der Waals surface area contributed by atoms with E-state index in [1.165, 1.54) is 5.56 Å². The van der Waals surface area contributed by atoms with E-state index >= 15 is 0 Å². The number of benzene rings is 1. The molecule has 0 radical (unpaired) electrons. The lowest BCUT2D eigenvalue weighted by Gasteiger charge is -2.14. The van der Waals surface area contributed by atoms with Crippen molar-refractivity contribution in [2.75, 3.05) is 0 Å². The lowest BCUT2D eigenvalue weighted by Crippen LogP contribution is -2.07. The Hall–Kier alpha value is -1.11. The highest BCUT2D eigenvalue weighted by atomic mass is 16.1.